The molecule has 0 amide bonds. The Kier molecular flexibility index (Phi) is 3.49. The predicted octanol–water partition coefficient (Wildman–Crippen LogP) is 3.41. The lowest BCUT2D eigenvalue weighted by molar-refractivity contribution is 0.435. The summed E-state index contributed by atoms with van der Waals surface area (Å²) in [5, 5.41) is 1.88. The van der Waals surface area contributed by atoms with Crippen LogP contribution in [0.15, 0.2) is 29.6 Å². The molecule has 1 atom stereocenters. The molecule has 1 nitrogen and oxygen atoms in total. The third kappa shape index (κ3) is 2.50. The molecule has 5 heteroatoms. The number of hydrogen-bond donors (Lipinski definition) is 1. The first kappa shape index (κ1) is 12.1. The molecule has 90 valence electrons. The molecular formula is C12H10F3NS. The van der Waals surface area contributed by atoms with Crippen LogP contribution >= 0.6 is 11.3 Å². The van der Waals surface area contributed by atoms with Crippen LogP contribution in [0, 0.1) is 17.5 Å². The molecule has 0 radical (unpaired) electrons. The van der Waals surface area contributed by atoms with E-state index in [4.69, 9.17) is 5.73 Å². The molecule has 2 rings (SSSR count). The Hall–Kier alpha value is -1.33. The first-order valence-corrected chi connectivity index (χ1v) is 5.89. The van der Waals surface area contributed by atoms with Gasteiger partial charge >= 0.3 is 0 Å². The Labute approximate surface area is 101 Å². The van der Waals surface area contributed by atoms with Crippen molar-refractivity contribution in [1.29, 1.82) is 0 Å². The second-order valence-corrected chi connectivity index (χ2v) is 4.69. The molecule has 0 aliphatic heterocycles. The minimum atomic E-state index is -1.47. The molecular weight excluding hydrogens is 247 g/mol. The first-order chi connectivity index (χ1) is 8.09. The van der Waals surface area contributed by atoms with Crippen molar-refractivity contribution in [3.8, 4) is 0 Å². The second-order valence-electron chi connectivity index (χ2n) is 3.65. The predicted molar refractivity (Wildman–Crippen MR) is 61.3 cm³/mol. The van der Waals surface area contributed by atoms with Gasteiger partial charge in [-0.3, -0.25) is 0 Å². The molecule has 2 N–H and O–H groups in total. The normalized spacial score (nSPS) is 12.7. The molecule has 0 saturated carbocycles. The quantitative estimate of drug-likeness (QED) is 0.838. The van der Waals surface area contributed by atoms with Crippen molar-refractivity contribution < 1.29 is 13.2 Å². The van der Waals surface area contributed by atoms with Crippen LogP contribution in [-0.2, 0) is 6.42 Å². The lowest BCUT2D eigenvalue weighted by Crippen LogP contribution is -2.15. The summed E-state index contributed by atoms with van der Waals surface area (Å²) >= 11 is 1.49. The number of nitrogens with two attached hydrogens (primary N) is 1. The minimum absolute atomic E-state index is 0.00250. The van der Waals surface area contributed by atoms with Crippen molar-refractivity contribution in [2.24, 2.45) is 5.73 Å². The van der Waals surface area contributed by atoms with Crippen molar-refractivity contribution in [3.63, 3.8) is 0 Å². The fourth-order valence-electron chi connectivity index (χ4n) is 1.58. The number of benzene rings is 1. The van der Waals surface area contributed by atoms with E-state index in [1.807, 2.05) is 17.5 Å². The lowest BCUT2D eigenvalue weighted by atomic mass is 10.0. The third-order valence-corrected chi connectivity index (χ3v) is 3.36. The lowest BCUT2D eigenvalue weighted by Gasteiger charge is -2.12. The van der Waals surface area contributed by atoms with E-state index >= 15 is 0 Å². The number of rotatable bonds is 3. The van der Waals surface area contributed by atoms with Crippen molar-refractivity contribution in [3.05, 3.63) is 57.5 Å². The van der Waals surface area contributed by atoms with Crippen molar-refractivity contribution in [2.45, 2.75) is 12.5 Å². The summed E-state index contributed by atoms with van der Waals surface area (Å²) in [6.45, 7) is 0. The molecule has 0 spiro atoms. The molecule has 1 aromatic heterocycles. The number of halogens is 3. The van der Waals surface area contributed by atoms with Gasteiger partial charge in [0, 0.05) is 22.9 Å². The average Bonchev–Trinajstić information content (AvgIpc) is 2.78. The summed E-state index contributed by atoms with van der Waals surface area (Å²) in [6, 6.07) is 5.12. The zero-order valence-corrected chi connectivity index (χ0v) is 9.61. The summed E-state index contributed by atoms with van der Waals surface area (Å²) in [5.41, 5.74) is 5.78. The smallest absolute Gasteiger partial charge is 0.194 e. The second kappa shape index (κ2) is 4.89. The van der Waals surface area contributed by atoms with Crippen molar-refractivity contribution in [1.82, 2.24) is 0 Å². The Balaban J connectivity index is 2.25. The van der Waals surface area contributed by atoms with Crippen LogP contribution in [0.4, 0.5) is 13.2 Å². The molecule has 1 aromatic carbocycles. The molecule has 0 aliphatic rings. The van der Waals surface area contributed by atoms with E-state index in [2.05, 4.69) is 0 Å². The molecule has 1 unspecified atom stereocenters. The SMILES string of the molecule is NC(Cc1cccs1)c1ccc(F)c(F)c1F. The molecule has 0 fully saturated rings. The zero-order chi connectivity index (χ0) is 12.4. The summed E-state index contributed by atoms with van der Waals surface area (Å²) < 4.78 is 39.2. The van der Waals surface area contributed by atoms with Crippen LogP contribution < -0.4 is 5.73 Å². The van der Waals surface area contributed by atoms with Gasteiger partial charge in [0.2, 0.25) is 0 Å². The summed E-state index contributed by atoms with van der Waals surface area (Å²) in [4.78, 5) is 0.974. The highest BCUT2D eigenvalue weighted by Gasteiger charge is 2.18. The topological polar surface area (TPSA) is 26.0 Å². The Morgan fingerprint density at radius 1 is 1.12 bits per heavy atom. The van der Waals surface area contributed by atoms with Gasteiger partial charge in [-0.05, 0) is 17.5 Å². The van der Waals surface area contributed by atoms with Gasteiger partial charge in [-0.25, -0.2) is 13.2 Å². The van der Waals surface area contributed by atoms with Crippen LogP contribution in [0.25, 0.3) is 0 Å². The molecule has 0 aliphatic carbocycles. The minimum Gasteiger partial charge on any atom is -0.324 e. The first-order valence-electron chi connectivity index (χ1n) is 5.01. The van der Waals surface area contributed by atoms with Crippen LogP contribution in [-0.4, -0.2) is 0 Å². The van der Waals surface area contributed by atoms with Crippen molar-refractivity contribution >= 4 is 11.3 Å². The van der Waals surface area contributed by atoms with Gasteiger partial charge < -0.3 is 5.73 Å². The fourth-order valence-corrected chi connectivity index (χ4v) is 2.35. The maximum atomic E-state index is 13.4. The van der Waals surface area contributed by atoms with Gasteiger partial charge in [-0.1, -0.05) is 12.1 Å². The molecule has 0 saturated heterocycles. The van der Waals surface area contributed by atoms with E-state index in [1.165, 1.54) is 17.4 Å². The zero-order valence-electron chi connectivity index (χ0n) is 8.79. The van der Waals surface area contributed by atoms with E-state index in [0.29, 0.717) is 6.42 Å². The van der Waals surface area contributed by atoms with Gasteiger partial charge in [-0.15, -0.1) is 11.3 Å². The van der Waals surface area contributed by atoms with E-state index in [0.717, 1.165) is 10.9 Å². The number of hydrogen-bond acceptors (Lipinski definition) is 2. The monoisotopic (exact) mass is 257 g/mol. The number of thiophene rings is 1. The van der Waals surface area contributed by atoms with Gasteiger partial charge in [-0.2, -0.15) is 0 Å². The third-order valence-electron chi connectivity index (χ3n) is 2.47. The highest BCUT2D eigenvalue weighted by Crippen LogP contribution is 2.24. The van der Waals surface area contributed by atoms with Gasteiger partial charge in [0.15, 0.2) is 17.5 Å². The van der Waals surface area contributed by atoms with E-state index < -0.39 is 23.5 Å². The van der Waals surface area contributed by atoms with Crippen LogP contribution in [0.5, 0.6) is 0 Å². The standard InChI is InChI=1S/C12H10F3NS/c13-9-4-3-8(11(14)12(9)15)10(16)6-7-2-1-5-17-7/h1-5,10H,6,16H2. The molecule has 2 aromatic rings. The maximum absolute atomic E-state index is 13.4. The summed E-state index contributed by atoms with van der Waals surface area (Å²) in [5.74, 6) is -3.87. The van der Waals surface area contributed by atoms with E-state index in [9.17, 15) is 13.2 Å². The maximum Gasteiger partial charge on any atom is 0.194 e. The Morgan fingerprint density at radius 3 is 2.53 bits per heavy atom. The Morgan fingerprint density at radius 2 is 1.88 bits per heavy atom. The summed E-state index contributed by atoms with van der Waals surface area (Å²) in [7, 11) is 0. The van der Waals surface area contributed by atoms with E-state index in [-0.39, 0.29) is 5.56 Å². The molecule has 1 heterocycles. The highest BCUT2D eigenvalue weighted by atomic mass is 32.1. The van der Waals surface area contributed by atoms with Gasteiger partial charge in [0.25, 0.3) is 0 Å². The average molecular weight is 257 g/mol. The van der Waals surface area contributed by atoms with Crippen molar-refractivity contribution in [2.75, 3.05) is 0 Å². The summed E-state index contributed by atoms with van der Waals surface area (Å²) in [6.07, 6.45) is 0.402. The molecule has 17 heavy (non-hydrogen) atoms. The molecule has 0 bridgehead atoms. The van der Waals surface area contributed by atoms with Gasteiger partial charge in [0.1, 0.15) is 0 Å². The van der Waals surface area contributed by atoms with Crippen LogP contribution in [0.1, 0.15) is 16.5 Å². The van der Waals surface area contributed by atoms with Crippen LogP contribution in [0.3, 0.4) is 0 Å². The highest BCUT2D eigenvalue weighted by molar-refractivity contribution is 7.09. The van der Waals surface area contributed by atoms with E-state index in [1.54, 1.807) is 0 Å². The van der Waals surface area contributed by atoms with Crippen LogP contribution in [0.2, 0.25) is 0 Å². The van der Waals surface area contributed by atoms with Gasteiger partial charge in [0.05, 0.1) is 0 Å². The fraction of sp³-hybridized carbons (Fsp3) is 0.167. The Bertz CT molecular complexity index is 511. The largest absolute Gasteiger partial charge is 0.324 e.